The van der Waals surface area contributed by atoms with Crippen LogP contribution in [0.4, 0.5) is 0 Å². The van der Waals surface area contributed by atoms with Crippen molar-refractivity contribution in [1.29, 1.82) is 0 Å². The smallest absolute Gasteiger partial charge is 0.145 e. The van der Waals surface area contributed by atoms with Gasteiger partial charge >= 0.3 is 0 Å². The molecule has 0 aliphatic carbocycles. The molecule has 0 bridgehead atoms. The van der Waals surface area contributed by atoms with Crippen molar-refractivity contribution in [2.75, 3.05) is 0 Å². The highest BCUT2D eigenvalue weighted by Gasteiger charge is 2.10. The van der Waals surface area contributed by atoms with Crippen LogP contribution in [-0.4, -0.2) is 9.38 Å². The zero-order valence-electron chi connectivity index (χ0n) is 9.77. The van der Waals surface area contributed by atoms with E-state index in [1.54, 1.807) is 0 Å². The first-order valence-electron chi connectivity index (χ1n) is 5.88. The Balaban J connectivity index is 2.32. The molecule has 2 nitrogen and oxygen atoms in total. The number of pyridine rings is 1. The molecular weight excluding hydrogens is 368 g/mol. The van der Waals surface area contributed by atoms with Crippen molar-refractivity contribution in [2.45, 2.75) is 0 Å². The second-order valence-corrected chi connectivity index (χ2v) is 6.23. The number of imidazole rings is 1. The Hall–Kier alpha value is -1.39. The fourth-order valence-electron chi connectivity index (χ4n) is 2.46. The fourth-order valence-corrected chi connectivity index (χ4v) is 3.36. The predicted octanol–water partition coefficient (Wildman–Crippen LogP) is 5.17. The highest BCUT2D eigenvalue weighted by molar-refractivity contribution is 9.11. The van der Waals surface area contributed by atoms with Crippen LogP contribution in [0.15, 0.2) is 57.6 Å². The molecule has 0 saturated heterocycles. The Bertz CT molecular complexity index is 941. The van der Waals surface area contributed by atoms with E-state index in [0.29, 0.717) is 0 Å². The third-order valence-corrected chi connectivity index (χ3v) is 4.44. The average molecular weight is 376 g/mol. The van der Waals surface area contributed by atoms with Crippen molar-refractivity contribution in [2.24, 2.45) is 0 Å². The van der Waals surface area contributed by atoms with Gasteiger partial charge in [-0.2, -0.15) is 0 Å². The monoisotopic (exact) mass is 374 g/mol. The molecule has 0 aliphatic rings. The number of fused-ring (bicyclic) bond motifs is 5. The second-order valence-electron chi connectivity index (χ2n) is 4.46. The summed E-state index contributed by atoms with van der Waals surface area (Å²) in [4.78, 5) is 4.75. The summed E-state index contributed by atoms with van der Waals surface area (Å²) in [5.41, 5.74) is 3.11. The molecule has 0 aliphatic heterocycles. The van der Waals surface area contributed by atoms with Gasteiger partial charge in [0.2, 0.25) is 0 Å². The minimum atomic E-state index is 0.993. The van der Waals surface area contributed by atoms with Crippen LogP contribution in [0.5, 0.6) is 0 Å². The Kier molecular flexibility index (Phi) is 2.44. The van der Waals surface area contributed by atoms with Crippen LogP contribution >= 0.6 is 31.9 Å². The van der Waals surface area contributed by atoms with Gasteiger partial charge in [0.25, 0.3) is 0 Å². The van der Waals surface area contributed by atoms with Gasteiger partial charge in [-0.1, -0.05) is 40.2 Å². The van der Waals surface area contributed by atoms with Crippen LogP contribution in [0.25, 0.3) is 27.5 Å². The van der Waals surface area contributed by atoms with E-state index >= 15 is 0 Å². The summed E-state index contributed by atoms with van der Waals surface area (Å²) >= 11 is 7.16. The van der Waals surface area contributed by atoms with Gasteiger partial charge in [-0.3, -0.25) is 4.40 Å². The average Bonchev–Trinajstić information content (AvgIpc) is 2.78. The maximum Gasteiger partial charge on any atom is 0.145 e. The summed E-state index contributed by atoms with van der Waals surface area (Å²) in [5, 5.41) is 2.34. The van der Waals surface area contributed by atoms with Gasteiger partial charge in [0.05, 0.1) is 11.0 Å². The summed E-state index contributed by atoms with van der Waals surface area (Å²) in [5.74, 6) is 0. The Labute approximate surface area is 126 Å². The third-order valence-electron chi connectivity index (χ3n) is 3.32. The molecule has 4 aromatic rings. The molecule has 0 N–H and O–H groups in total. The van der Waals surface area contributed by atoms with Gasteiger partial charge in [-0.15, -0.1) is 0 Å². The number of hydrogen-bond donors (Lipinski definition) is 0. The Morgan fingerprint density at radius 2 is 1.74 bits per heavy atom. The lowest BCUT2D eigenvalue weighted by Gasteiger charge is -2.03. The van der Waals surface area contributed by atoms with E-state index < -0.39 is 0 Å². The van der Waals surface area contributed by atoms with Crippen LogP contribution in [0, 0.1) is 0 Å². The molecule has 0 radical (unpaired) electrons. The second kappa shape index (κ2) is 4.05. The quantitative estimate of drug-likeness (QED) is 0.414. The molecule has 0 amide bonds. The summed E-state index contributed by atoms with van der Waals surface area (Å²) in [6.07, 6.45) is 2.08. The van der Waals surface area contributed by atoms with Crippen LogP contribution < -0.4 is 0 Å². The number of rotatable bonds is 0. The first-order chi connectivity index (χ1) is 9.24. The minimum Gasteiger partial charge on any atom is -0.298 e. The van der Waals surface area contributed by atoms with E-state index in [0.717, 1.165) is 31.0 Å². The molecule has 2 heterocycles. The molecule has 0 spiro atoms. The van der Waals surface area contributed by atoms with Crippen LogP contribution in [-0.2, 0) is 0 Å². The van der Waals surface area contributed by atoms with Gasteiger partial charge in [-0.05, 0) is 34.1 Å². The SMILES string of the molecule is Brc1ccc2nc3c4ccccc4c(Br)cn3c2c1. The van der Waals surface area contributed by atoms with E-state index in [9.17, 15) is 0 Å². The lowest BCUT2D eigenvalue weighted by Crippen LogP contribution is -1.87. The highest BCUT2D eigenvalue weighted by Crippen LogP contribution is 2.30. The molecular formula is C15H8Br2N2. The van der Waals surface area contributed by atoms with Crippen molar-refractivity contribution in [3.05, 3.63) is 57.6 Å². The van der Waals surface area contributed by atoms with Gasteiger partial charge in [0.15, 0.2) is 0 Å². The van der Waals surface area contributed by atoms with Crippen molar-refractivity contribution in [3.8, 4) is 0 Å². The van der Waals surface area contributed by atoms with Gasteiger partial charge < -0.3 is 0 Å². The maximum atomic E-state index is 4.75. The molecule has 4 rings (SSSR count). The van der Waals surface area contributed by atoms with E-state index in [4.69, 9.17) is 4.98 Å². The third kappa shape index (κ3) is 1.63. The van der Waals surface area contributed by atoms with E-state index in [1.807, 2.05) is 24.3 Å². The molecule has 92 valence electrons. The summed E-state index contributed by atoms with van der Waals surface area (Å²) in [6.45, 7) is 0. The molecule has 0 saturated carbocycles. The molecule has 0 unspecified atom stereocenters. The van der Waals surface area contributed by atoms with Crippen molar-refractivity contribution < 1.29 is 0 Å². The first kappa shape index (κ1) is 11.4. The van der Waals surface area contributed by atoms with Crippen molar-refractivity contribution in [3.63, 3.8) is 0 Å². The Morgan fingerprint density at radius 1 is 0.947 bits per heavy atom. The summed E-state index contributed by atoms with van der Waals surface area (Å²) in [6, 6.07) is 14.5. The molecule has 2 aromatic heterocycles. The topological polar surface area (TPSA) is 17.3 Å². The lowest BCUT2D eigenvalue weighted by atomic mass is 10.2. The predicted molar refractivity (Wildman–Crippen MR) is 85.6 cm³/mol. The van der Waals surface area contributed by atoms with E-state index in [2.05, 4.69) is 60.7 Å². The van der Waals surface area contributed by atoms with Crippen molar-refractivity contribution >= 4 is 59.3 Å². The Morgan fingerprint density at radius 3 is 2.58 bits per heavy atom. The zero-order valence-corrected chi connectivity index (χ0v) is 12.9. The van der Waals surface area contributed by atoms with Crippen molar-refractivity contribution in [1.82, 2.24) is 9.38 Å². The van der Waals surface area contributed by atoms with Gasteiger partial charge in [-0.25, -0.2) is 4.98 Å². The first-order valence-corrected chi connectivity index (χ1v) is 7.47. The van der Waals surface area contributed by atoms with E-state index in [-0.39, 0.29) is 0 Å². The number of aromatic nitrogens is 2. The fraction of sp³-hybridized carbons (Fsp3) is 0. The number of hydrogen-bond acceptors (Lipinski definition) is 1. The zero-order chi connectivity index (χ0) is 13.0. The molecule has 2 aromatic carbocycles. The number of benzene rings is 2. The molecule has 0 atom stereocenters. The van der Waals surface area contributed by atoms with Crippen LogP contribution in [0.1, 0.15) is 0 Å². The number of nitrogens with zero attached hydrogens (tertiary/aromatic N) is 2. The molecule has 0 fully saturated rings. The van der Waals surface area contributed by atoms with Crippen LogP contribution in [0.2, 0.25) is 0 Å². The van der Waals surface area contributed by atoms with Gasteiger partial charge in [0.1, 0.15) is 5.65 Å². The minimum absolute atomic E-state index is 0.993. The molecule has 19 heavy (non-hydrogen) atoms. The lowest BCUT2D eigenvalue weighted by molar-refractivity contribution is 1.23. The summed E-state index contributed by atoms with van der Waals surface area (Å²) < 4.78 is 4.27. The normalized spacial score (nSPS) is 11.7. The highest BCUT2D eigenvalue weighted by atomic mass is 79.9. The van der Waals surface area contributed by atoms with E-state index in [1.165, 1.54) is 5.39 Å². The van der Waals surface area contributed by atoms with Gasteiger partial charge in [0, 0.05) is 25.9 Å². The largest absolute Gasteiger partial charge is 0.298 e. The standard InChI is InChI=1S/C15H8Br2N2/c16-9-5-6-13-14(7-9)19-8-12(17)10-3-1-2-4-11(10)15(19)18-13/h1-8H. The molecule has 4 heteroatoms. The maximum absolute atomic E-state index is 4.75. The van der Waals surface area contributed by atoms with Crippen LogP contribution in [0.3, 0.4) is 0 Å². The summed E-state index contributed by atoms with van der Waals surface area (Å²) in [7, 11) is 0. The number of halogens is 2.